The molecule has 0 aliphatic carbocycles. The summed E-state index contributed by atoms with van der Waals surface area (Å²) in [6.45, 7) is 1.73. The van der Waals surface area contributed by atoms with Gasteiger partial charge in [0.1, 0.15) is 6.61 Å². The summed E-state index contributed by atoms with van der Waals surface area (Å²) < 4.78 is 6.88. The van der Waals surface area contributed by atoms with E-state index in [0.29, 0.717) is 16.9 Å². The third kappa shape index (κ3) is 4.41. The Balaban J connectivity index is 1.31. The fourth-order valence-electron chi connectivity index (χ4n) is 7.04. The number of aliphatic hydroxyl groups is 1. The summed E-state index contributed by atoms with van der Waals surface area (Å²) in [4.78, 5) is 38.3. The highest BCUT2D eigenvalue weighted by molar-refractivity contribution is 6.02. The zero-order valence-electron chi connectivity index (χ0n) is 26.2. The van der Waals surface area contributed by atoms with E-state index in [1.54, 1.807) is 23.8 Å². The molecular weight excluding hydrogens is 602 g/mol. The summed E-state index contributed by atoms with van der Waals surface area (Å²) in [5.74, 6) is -0.754. The maximum absolute atomic E-state index is 13.9. The number of hydrogen-bond donors (Lipinski definition) is 1. The average molecular weight is 634 g/mol. The number of carbonyl (C=O) groups excluding carboxylic acids is 1. The molecule has 0 bridgehead atoms. The first-order valence-electron chi connectivity index (χ1n) is 15.9. The van der Waals surface area contributed by atoms with Gasteiger partial charge in [-0.3, -0.25) is 4.79 Å². The number of para-hydroxylation sites is 1. The Morgan fingerprint density at radius 2 is 1.46 bits per heavy atom. The number of fused-ring (bicyclic) bond motifs is 5. The lowest BCUT2D eigenvalue weighted by atomic mass is 9.80. The highest BCUT2D eigenvalue weighted by atomic mass is 16.6. The quantitative estimate of drug-likeness (QED) is 0.0941. The molecular formula is C40H31N3O5. The van der Waals surface area contributed by atoms with E-state index in [-0.39, 0.29) is 36.3 Å². The minimum Gasteiger partial charge on any atom is -0.458 e. The first-order valence-corrected chi connectivity index (χ1v) is 15.9. The van der Waals surface area contributed by atoms with Crippen LogP contribution in [0, 0.1) is 0 Å². The molecule has 0 fully saturated rings. The number of nitrogens with zero attached hydrogens (tertiary/aromatic N) is 3. The molecule has 2 aromatic heterocycles. The van der Waals surface area contributed by atoms with E-state index in [1.165, 1.54) is 0 Å². The van der Waals surface area contributed by atoms with Crippen molar-refractivity contribution in [3.63, 3.8) is 0 Å². The fourth-order valence-corrected chi connectivity index (χ4v) is 7.04. The maximum Gasteiger partial charge on any atom is 0.343 e. The monoisotopic (exact) mass is 633 g/mol. The first kappa shape index (κ1) is 29.5. The third-order valence-electron chi connectivity index (χ3n) is 9.55. The van der Waals surface area contributed by atoms with Crippen LogP contribution in [0.3, 0.4) is 0 Å². The standard InChI is InChI=1S/C40H31N3O5/c1-2-39(46)33-22-35-36-31(24-43(35)37(44)32(33)25-47-38(39)45)30(29-20-12-13-21-34(29)42-36)23-41-48-40(26-14-6-3-7-15-26,27-16-8-4-9-17-27)28-18-10-5-11-19-28/h3-23,46H,2,24-25H2,1H3/t39-/m0/s1. The predicted octanol–water partition coefficient (Wildman–Crippen LogP) is 6.42. The molecule has 8 rings (SSSR count). The van der Waals surface area contributed by atoms with Crippen LogP contribution in [0.25, 0.3) is 22.3 Å². The van der Waals surface area contributed by atoms with Crippen molar-refractivity contribution in [2.24, 2.45) is 5.16 Å². The Kier molecular flexibility index (Phi) is 7.04. The second-order valence-corrected chi connectivity index (χ2v) is 12.1. The second kappa shape index (κ2) is 11.4. The van der Waals surface area contributed by atoms with E-state index >= 15 is 0 Å². The lowest BCUT2D eigenvalue weighted by Crippen LogP contribution is -2.44. The zero-order valence-corrected chi connectivity index (χ0v) is 26.2. The Morgan fingerprint density at radius 1 is 0.875 bits per heavy atom. The van der Waals surface area contributed by atoms with E-state index in [1.807, 2.05) is 115 Å². The highest BCUT2D eigenvalue weighted by Gasteiger charge is 2.45. The number of ether oxygens (including phenoxy) is 1. The lowest BCUT2D eigenvalue weighted by molar-refractivity contribution is -0.172. The van der Waals surface area contributed by atoms with Gasteiger partial charge in [0.25, 0.3) is 5.56 Å². The number of esters is 1. The van der Waals surface area contributed by atoms with E-state index < -0.39 is 17.2 Å². The Hall–Kier alpha value is -5.86. The van der Waals surface area contributed by atoms with Crippen LogP contribution in [0.1, 0.15) is 52.3 Å². The number of pyridine rings is 2. The van der Waals surface area contributed by atoms with Gasteiger partial charge < -0.3 is 19.2 Å². The number of oxime groups is 1. The molecule has 8 nitrogen and oxygen atoms in total. The van der Waals surface area contributed by atoms with Crippen molar-refractivity contribution in [3.05, 3.63) is 171 Å². The van der Waals surface area contributed by atoms with E-state index in [0.717, 1.165) is 33.2 Å². The summed E-state index contributed by atoms with van der Waals surface area (Å²) in [5, 5.41) is 16.9. The summed E-state index contributed by atoms with van der Waals surface area (Å²) in [6.07, 6.45) is 1.78. The van der Waals surface area contributed by atoms with Crippen molar-refractivity contribution in [1.29, 1.82) is 0 Å². The highest BCUT2D eigenvalue weighted by Crippen LogP contribution is 2.42. The molecule has 0 radical (unpaired) electrons. The summed E-state index contributed by atoms with van der Waals surface area (Å²) in [6, 6.07) is 39.5. The molecule has 0 spiro atoms. The van der Waals surface area contributed by atoms with Crippen LogP contribution in [0.4, 0.5) is 0 Å². The average Bonchev–Trinajstić information content (AvgIpc) is 3.51. The molecule has 2 aliphatic rings. The molecule has 0 unspecified atom stereocenters. The number of benzene rings is 4. The van der Waals surface area contributed by atoms with Crippen LogP contribution in [0.2, 0.25) is 0 Å². The fraction of sp³-hybridized carbons (Fsp3) is 0.150. The van der Waals surface area contributed by atoms with Crippen molar-refractivity contribution < 1.29 is 19.5 Å². The van der Waals surface area contributed by atoms with Gasteiger partial charge in [-0.15, -0.1) is 0 Å². The van der Waals surface area contributed by atoms with Gasteiger partial charge in [-0.1, -0.05) is 121 Å². The Morgan fingerprint density at radius 3 is 2.06 bits per heavy atom. The third-order valence-corrected chi connectivity index (χ3v) is 9.55. The maximum atomic E-state index is 13.9. The summed E-state index contributed by atoms with van der Waals surface area (Å²) in [5.41, 5.74) is 3.37. The van der Waals surface area contributed by atoms with Gasteiger partial charge in [-0.25, -0.2) is 9.78 Å². The van der Waals surface area contributed by atoms with Gasteiger partial charge >= 0.3 is 5.97 Å². The lowest BCUT2D eigenvalue weighted by Gasteiger charge is -2.33. The molecule has 4 heterocycles. The number of carbonyl (C=O) groups is 1. The van der Waals surface area contributed by atoms with Gasteiger partial charge in [-0.2, -0.15) is 0 Å². The molecule has 8 heteroatoms. The zero-order chi connectivity index (χ0) is 32.9. The smallest absolute Gasteiger partial charge is 0.343 e. The van der Waals surface area contributed by atoms with E-state index in [4.69, 9.17) is 19.7 Å². The SMILES string of the molecule is CC[C@@]1(O)C(=O)OCc2c1cc1n(c2=O)Cc2c-1nc1ccccc1c2C=NOC(c1ccccc1)(c1ccccc1)c1ccccc1. The van der Waals surface area contributed by atoms with Crippen molar-refractivity contribution in [1.82, 2.24) is 9.55 Å². The number of rotatable bonds is 7. The number of aromatic nitrogens is 2. The van der Waals surface area contributed by atoms with Crippen LogP contribution in [0.15, 0.2) is 131 Å². The topological polar surface area (TPSA) is 103 Å². The van der Waals surface area contributed by atoms with Gasteiger partial charge in [0, 0.05) is 38.8 Å². The van der Waals surface area contributed by atoms with Gasteiger partial charge in [0.15, 0.2) is 5.60 Å². The normalized spacial score (nSPS) is 16.8. The minimum absolute atomic E-state index is 0.0704. The molecule has 1 N–H and O–H groups in total. The summed E-state index contributed by atoms with van der Waals surface area (Å²) >= 11 is 0. The van der Waals surface area contributed by atoms with Crippen molar-refractivity contribution in [3.8, 4) is 11.4 Å². The Bertz CT molecular complexity index is 2190. The van der Waals surface area contributed by atoms with Crippen LogP contribution in [-0.4, -0.2) is 26.8 Å². The molecule has 1 atom stereocenters. The summed E-state index contributed by atoms with van der Waals surface area (Å²) in [7, 11) is 0. The van der Waals surface area contributed by atoms with Crippen LogP contribution >= 0.6 is 0 Å². The van der Waals surface area contributed by atoms with Gasteiger partial charge in [0.05, 0.1) is 35.2 Å². The molecule has 4 aromatic carbocycles. The van der Waals surface area contributed by atoms with Crippen molar-refractivity contribution in [2.45, 2.75) is 37.7 Å². The van der Waals surface area contributed by atoms with Crippen LogP contribution in [-0.2, 0) is 38.7 Å². The van der Waals surface area contributed by atoms with Crippen LogP contribution < -0.4 is 5.56 Å². The molecule has 2 aliphatic heterocycles. The molecule has 0 saturated carbocycles. The van der Waals surface area contributed by atoms with Gasteiger partial charge in [-0.05, 0) is 18.6 Å². The van der Waals surface area contributed by atoms with E-state index in [2.05, 4.69) is 0 Å². The van der Waals surface area contributed by atoms with Crippen molar-refractivity contribution in [2.75, 3.05) is 0 Å². The largest absolute Gasteiger partial charge is 0.458 e. The number of cyclic esters (lactones) is 1. The predicted molar refractivity (Wildman–Crippen MR) is 182 cm³/mol. The minimum atomic E-state index is -1.91. The number of hydrogen-bond acceptors (Lipinski definition) is 7. The molecule has 0 saturated heterocycles. The van der Waals surface area contributed by atoms with E-state index in [9.17, 15) is 14.7 Å². The van der Waals surface area contributed by atoms with Gasteiger partial charge in [0.2, 0.25) is 5.60 Å². The van der Waals surface area contributed by atoms with Crippen LogP contribution in [0.5, 0.6) is 0 Å². The van der Waals surface area contributed by atoms with Crippen molar-refractivity contribution >= 4 is 23.1 Å². The molecule has 236 valence electrons. The molecule has 0 amide bonds. The Labute approximate surface area is 276 Å². The first-order chi connectivity index (χ1) is 23.5. The molecule has 48 heavy (non-hydrogen) atoms. The second-order valence-electron chi connectivity index (χ2n) is 12.1. The molecule has 6 aromatic rings.